The summed E-state index contributed by atoms with van der Waals surface area (Å²) in [5, 5.41) is 10.9. The topological polar surface area (TPSA) is 104 Å². The van der Waals surface area contributed by atoms with Gasteiger partial charge in [0.25, 0.3) is 10.1 Å². The lowest BCUT2D eigenvalue weighted by Crippen LogP contribution is -2.48. The van der Waals surface area contributed by atoms with Crippen LogP contribution in [-0.2, 0) is 26.1 Å². The van der Waals surface area contributed by atoms with Gasteiger partial charge in [0.15, 0.2) is 5.94 Å². The van der Waals surface area contributed by atoms with Crippen LogP contribution in [0.5, 0.6) is 0 Å². The van der Waals surface area contributed by atoms with Crippen LogP contribution in [0.15, 0.2) is 36.4 Å². The van der Waals surface area contributed by atoms with Crippen molar-refractivity contribution in [3.05, 3.63) is 42.0 Å². The van der Waals surface area contributed by atoms with E-state index in [9.17, 15) is 17.8 Å². The number of carboxylic acids is 1. The van der Waals surface area contributed by atoms with Gasteiger partial charge in [-0.3, -0.25) is 9.35 Å². The summed E-state index contributed by atoms with van der Waals surface area (Å²) in [5.74, 6) is -1.56. The fourth-order valence-corrected chi connectivity index (χ4v) is 4.52. The van der Waals surface area contributed by atoms with Crippen molar-refractivity contribution in [2.24, 2.45) is 0 Å². The van der Waals surface area contributed by atoms with Crippen molar-refractivity contribution >= 4 is 32.5 Å². The summed E-state index contributed by atoms with van der Waals surface area (Å²) in [6.45, 7) is 0. The molecule has 0 aromatic heterocycles. The van der Waals surface area contributed by atoms with E-state index in [1.54, 1.807) is 0 Å². The van der Waals surface area contributed by atoms with E-state index in [2.05, 4.69) is 0 Å². The van der Waals surface area contributed by atoms with Gasteiger partial charge in [-0.15, -0.1) is 0 Å². The van der Waals surface area contributed by atoms with E-state index in [1.165, 1.54) is 0 Å². The summed E-state index contributed by atoms with van der Waals surface area (Å²) in [7, 11) is -2.37. The first-order valence-corrected chi connectivity index (χ1v) is 11.4. The van der Waals surface area contributed by atoms with Crippen LogP contribution in [0.4, 0.5) is 5.69 Å². The average molecular weight is 422 g/mol. The van der Waals surface area contributed by atoms with Crippen LogP contribution in [0.3, 0.4) is 0 Å². The molecule has 7 nitrogen and oxygen atoms in total. The quantitative estimate of drug-likeness (QED) is 0.444. The Labute approximate surface area is 171 Å². The molecule has 158 valence electrons. The molecule has 0 aliphatic carbocycles. The van der Waals surface area contributed by atoms with Crippen LogP contribution in [-0.4, -0.2) is 42.8 Å². The number of nitrogens with zero attached hydrogens (tertiary/aromatic N) is 1. The summed E-state index contributed by atoms with van der Waals surface area (Å²) in [6.07, 6.45) is 4.26. The average Bonchev–Trinajstić information content (AvgIpc) is 2.95. The Kier molecular flexibility index (Phi) is 6.45. The van der Waals surface area contributed by atoms with Crippen LogP contribution < -0.4 is 4.90 Å². The van der Waals surface area contributed by atoms with E-state index in [1.807, 2.05) is 48.3 Å². The number of anilines is 1. The maximum atomic E-state index is 11.4. The number of carboxylic acid groups (broad SMARTS) is 1. The van der Waals surface area contributed by atoms with Crippen LogP contribution in [0.2, 0.25) is 0 Å². The Morgan fingerprint density at radius 3 is 2.59 bits per heavy atom. The largest absolute Gasteiger partial charge is 0.481 e. The minimum Gasteiger partial charge on any atom is -0.481 e. The molecular weight excluding hydrogens is 394 g/mol. The Hall–Kier alpha value is -2.16. The van der Waals surface area contributed by atoms with Crippen LogP contribution >= 0.6 is 0 Å². The van der Waals surface area contributed by atoms with Crippen LogP contribution in [0.25, 0.3) is 10.8 Å². The van der Waals surface area contributed by atoms with Gasteiger partial charge in [0, 0.05) is 31.0 Å². The molecule has 8 heteroatoms. The highest BCUT2D eigenvalue weighted by molar-refractivity contribution is 7.85. The van der Waals surface area contributed by atoms with Crippen molar-refractivity contribution in [2.45, 2.75) is 50.7 Å². The zero-order valence-electron chi connectivity index (χ0n) is 16.5. The van der Waals surface area contributed by atoms with Gasteiger partial charge in [0.1, 0.15) is 5.72 Å². The Balaban J connectivity index is 1.80. The Morgan fingerprint density at radius 1 is 1.14 bits per heavy atom. The predicted molar refractivity (Wildman–Crippen MR) is 112 cm³/mol. The van der Waals surface area contributed by atoms with Gasteiger partial charge in [-0.1, -0.05) is 49.2 Å². The number of unbranched alkanes of at least 4 members (excludes halogenated alkanes) is 3. The van der Waals surface area contributed by atoms with Gasteiger partial charge < -0.3 is 14.7 Å². The second kappa shape index (κ2) is 8.69. The molecule has 0 amide bonds. The highest BCUT2D eigenvalue weighted by atomic mass is 32.2. The SMILES string of the molecule is CN1c2c(ccc3ccccc23)CC1(CCCCCCC(=O)O)OCS(=O)(=O)O. The van der Waals surface area contributed by atoms with E-state index in [-0.39, 0.29) is 6.42 Å². The van der Waals surface area contributed by atoms with Crippen molar-refractivity contribution in [1.82, 2.24) is 0 Å². The van der Waals surface area contributed by atoms with Gasteiger partial charge in [-0.25, -0.2) is 0 Å². The van der Waals surface area contributed by atoms with E-state index in [0.717, 1.165) is 41.3 Å². The summed E-state index contributed by atoms with van der Waals surface area (Å²) < 4.78 is 37.8. The normalized spacial score (nSPS) is 18.9. The zero-order valence-corrected chi connectivity index (χ0v) is 17.3. The molecule has 29 heavy (non-hydrogen) atoms. The summed E-state index contributed by atoms with van der Waals surface area (Å²) in [6, 6.07) is 12.1. The van der Waals surface area contributed by atoms with E-state index in [0.29, 0.717) is 19.3 Å². The molecule has 2 aromatic carbocycles. The molecule has 1 heterocycles. The number of aliphatic carboxylic acids is 1. The lowest BCUT2D eigenvalue weighted by Gasteiger charge is -2.37. The monoisotopic (exact) mass is 421 g/mol. The first-order chi connectivity index (χ1) is 13.7. The second-order valence-corrected chi connectivity index (χ2v) is 9.03. The third-order valence-corrected chi connectivity index (χ3v) is 6.00. The first kappa shape index (κ1) is 21.5. The molecule has 0 fully saturated rings. The number of fused-ring (bicyclic) bond motifs is 3. The van der Waals surface area contributed by atoms with Crippen LogP contribution in [0, 0.1) is 0 Å². The minimum atomic E-state index is -4.27. The highest BCUT2D eigenvalue weighted by Gasteiger charge is 2.43. The highest BCUT2D eigenvalue weighted by Crippen LogP contribution is 2.45. The molecule has 2 N–H and O–H groups in total. The molecular formula is C21H27NO6S. The maximum absolute atomic E-state index is 11.4. The summed E-state index contributed by atoms with van der Waals surface area (Å²) in [4.78, 5) is 12.6. The standard InChI is InChI=1S/C21H27NO6S/c1-22-20-17(12-11-16-8-5-6-9-18(16)20)14-21(22,28-15-29(25,26)27)13-7-3-2-4-10-19(23)24/h5-6,8-9,11-12H,2-4,7,10,13-15H2,1H3,(H,23,24)(H,25,26,27). The molecule has 0 spiro atoms. The molecule has 1 aliphatic heterocycles. The van der Waals surface area contributed by atoms with E-state index < -0.39 is 27.8 Å². The first-order valence-electron chi connectivity index (χ1n) is 9.77. The molecule has 0 radical (unpaired) electrons. The van der Waals surface area contributed by atoms with Gasteiger partial charge in [-0.2, -0.15) is 8.42 Å². The van der Waals surface area contributed by atoms with Gasteiger partial charge >= 0.3 is 5.97 Å². The number of carbonyl (C=O) groups is 1. The van der Waals surface area contributed by atoms with Crippen molar-refractivity contribution in [3.8, 4) is 0 Å². The molecule has 3 rings (SSSR count). The van der Waals surface area contributed by atoms with Crippen molar-refractivity contribution in [1.29, 1.82) is 0 Å². The molecule has 1 unspecified atom stereocenters. The van der Waals surface area contributed by atoms with Crippen molar-refractivity contribution in [2.75, 3.05) is 17.9 Å². The molecule has 1 aliphatic rings. The summed E-state index contributed by atoms with van der Waals surface area (Å²) in [5.41, 5.74) is 1.23. The van der Waals surface area contributed by atoms with Gasteiger partial charge in [0.05, 0.1) is 0 Å². The van der Waals surface area contributed by atoms with Gasteiger partial charge in [-0.05, 0) is 30.2 Å². The molecule has 0 bridgehead atoms. The molecule has 1 atom stereocenters. The fraction of sp³-hybridized carbons (Fsp3) is 0.476. The number of ether oxygens (including phenoxy) is 1. The maximum Gasteiger partial charge on any atom is 0.303 e. The van der Waals surface area contributed by atoms with Crippen LogP contribution in [0.1, 0.15) is 44.1 Å². The van der Waals surface area contributed by atoms with Crippen molar-refractivity contribution in [3.63, 3.8) is 0 Å². The number of hydrogen-bond acceptors (Lipinski definition) is 5. The van der Waals surface area contributed by atoms with E-state index in [4.69, 9.17) is 9.84 Å². The zero-order chi connectivity index (χ0) is 21.1. The smallest absolute Gasteiger partial charge is 0.303 e. The molecule has 0 saturated heterocycles. The van der Waals surface area contributed by atoms with E-state index >= 15 is 0 Å². The predicted octanol–water partition coefficient (Wildman–Crippen LogP) is 3.82. The lowest BCUT2D eigenvalue weighted by atomic mass is 9.98. The number of benzene rings is 2. The Bertz CT molecular complexity index is 990. The van der Waals surface area contributed by atoms with Crippen molar-refractivity contribution < 1.29 is 27.6 Å². The molecule has 0 saturated carbocycles. The van der Waals surface area contributed by atoms with Gasteiger partial charge in [0.2, 0.25) is 0 Å². The fourth-order valence-electron chi connectivity index (χ4n) is 4.15. The second-order valence-electron chi connectivity index (χ2n) is 7.63. The molecule has 2 aromatic rings. The Morgan fingerprint density at radius 2 is 1.86 bits per heavy atom. The summed E-state index contributed by atoms with van der Waals surface area (Å²) >= 11 is 0. The third kappa shape index (κ3) is 5.07. The minimum absolute atomic E-state index is 0.154. The number of rotatable bonds is 10. The lowest BCUT2D eigenvalue weighted by molar-refractivity contribution is -0.137. The number of likely N-dealkylation sites (N-methyl/N-ethyl adjacent to an activating group) is 1. The number of hydrogen-bond donors (Lipinski definition) is 2. The third-order valence-electron chi connectivity index (χ3n) is 5.58.